The van der Waals surface area contributed by atoms with Gasteiger partial charge in [0.2, 0.25) is 5.91 Å². The predicted octanol–water partition coefficient (Wildman–Crippen LogP) is 3.77. The molecule has 1 fully saturated rings. The molecule has 0 aliphatic carbocycles. The lowest BCUT2D eigenvalue weighted by Gasteiger charge is -2.34. The van der Waals surface area contributed by atoms with Gasteiger partial charge < -0.3 is 14.7 Å². The lowest BCUT2D eigenvalue weighted by atomic mass is 9.95. The Morgan fingerprint density at radius 2 is 2.00 bits per heavy atom. The third-order valence-electron chi connectivity index (χ3n) is 4.58. The van der Waals surface area contributed by atoms with E-state index in [0.717, 1.165) is 12.1 Å². The summed E-state index contributed by atoms with van der Waals surface area (Å²) in [6, 6.07) is 4.27. The molecule has 0 unspecified atom stereocenters. The second-order valence-corrected chi connectivity index (χ2v) is 6.53. The Kier molecular flexibility index (Phi) is 5.25. The van der Waals surface area contributed by atoms with Crippen LogP contribution in [0, 0.1) is 23.0 Å². The highest BCUT2D eigenvalue weighted by Gasteiger charge is 2.37. The molecule has 1 aliphatic rings. The lowest BCUT2D eigenvalue weighted by Crippen LogP contribution is -2.39. The molecule has 1 aromatic carbocycles. The summed E-state index contributed by atoms with van der Waals surface area (Å²) in [6.45, 7) is 2.12. The smallest absolute Gasteiger partial charge is 0.371 e. The Labute approximate surface area is 157 Å². The van der Waals surface area contributed by atoms with Crippen molar-refractivity contribution in [3.8, 4) is 0 Å². The summed E-state index contributed by atoms with van der Waals surface area (Å²) in [5, 5.41) is 17.1. The van der Waals surface area contributed by atoms with Crippen molar-refractivity contribution in [3.63, 3.8) is 0 Å². The summed E-state index contributed by atoms with van der Waals surface area (Å²) in [4.78, 5) is 23.7. The van der Waals surface area contributed by atoms with E-state index < -0.39 is 22.4 Å². The molecule has 0 spiro atoms. The van der Waals surface area contributed by atoms with Crippen LogP contribution in [0.4, 0.5) is 30.4 Å². The molecule has 28 heavy (non-hydrogen) atoms. The van der Waals surface area contributed by atoms with Gasteiger partial charge in [-0.15, -0.1) is 0 Å². The van der Waals surface area contributed by atoms with Crippen molar-refractivity contribution in [2.45, 2.75) is 25.9 Å². The van der Waals surface area contributed by atoms with Crippen molar-refractivity contribution >= 4 is 23.1 Å². The van der Waals surface area contributed by atoms with Crippen molar-refractivity contribution in [2.24, 2.45) is 5.92 Å². The summed E-state index contributed by atoms with van der Waals surface area (Å²) in [7, 11) is 0. The van der Waals surface area contributed by atoms with E-state index in [1.54, 1.807) is 13.0 Å². The number of alkyl halides is 3. The van der Waals surface area contributed by atoms with E-state index in [4.69, 9.17) is 4.52 Å². The van der Waals surface area contributed by atoms with Gasteiger partial charge in [-0.3, -0.25) is 14.9 Å². The van der Waals surface area contributed by atoms with Gasteiger partial charge in [0, 0.05) is 42.9 Å². The van der Waals surface area contributed by atoms with Gasteiger partial charge >= 0.3 is 6.18 Å². The minimum absolute atomic E-state index is 0.121. The summed E-state index contributed by atoms with van der Waals surface area (Å²) < 4.78 is 45.0. The zero-order valence-electron chi connectivity index (χ0n) is 14.8. The molecule has 8 nitrogen and oxygen atoms in total. The van der Waals surface area contributed by atoms with E-state index in [1.165, 1.54) is 4.90 Å². The zero-order valence-corrected chi connectivity index (χ0v) is 14.8. The summed E-state index contributed by atoms with van der Waals surface area (Å²) in [6.07, 6.45) is -4.03. The first-order chi connectivity index (χ1) is 13.1. The number of rotatable bonds is 4. The number of carbonyl (C=O) groups excluding carboxylic acids is 1. The molecule has 1 amide bonds. The molecule has 1 aromatic heterocycles. The van der Waals surface area contributed by atoms with E-state index in [2.05, 4.69) is 10.5 Å². The second kappa shape index (κ2) is 7.49. The maximum atomic E-state index is 13.4. The fraction of sp³-hybridized carbons (Fsp3) is 0.412. The predicted molar refractivity (Wildman–Crippen MR) is 92.9 cm³/mol. The van der Waals surface area contributed by atoms with Crippen molar-refractivity contribution in [3.05, 3.63) is 45.7 Å². The van der Waals surface area contributed by atoms with Crippen LogP contribution < -0.4 is 10.2 Å². The average molecular weight is 398 g/mol. The van der Waals surface area contributed by atoms with Gasteiger partial charge in [0.1, 0.15) is 5.76 Å². The number of carbonyl (C=O) groups is 1. The molecule has 0 bridgehead atoms. The van der Waals surface area contributed by atoms with Crippen LogP contribution in [0.2, 0.25) is 0 Å². The van der Waals surface area contributed by atoms with E-state index in [-0.39, 0.29) is 30.6 Å². The fourth-order valence-corrected chi connectivity index (χ4v) is 3.18. The highest BCUT2D eigenvalue weighted by atomic mass is 19.4. The number of aryl methyl sites for hydroxylation is 1. The first-order valence-corrected chi connectivity index (χ1v) is 8.50. The van der Waals surface area contributed by atoms with E-state index in [0.29, 0.717) is 30.5 Å². The quantitative estimate of drug-likeness (QED) is 0.622. The van der Waals surface area contributed by atoms with Crippen molar-refractivity contribution < 1.29 is 27.4 Å². The molecule has 2 heterocycles. The van der Waals surface area contributed by atoms with Crippen LogP contribution in [-0.4, -0.2) is 29.1 Å². The number of anilines is 2. The molecule has 1 N–H and O–H groups in total. The van der Waals surface area contributed by atoms with Crippen LogP contribution in [-0.2, 0) is 11.0 Å². The molecule has 1 aliphatic heterocycles. The Hall–Kier alpha value is -3.11. The average Bonchev–Trinajstić information content (AvgIpc) is 3.05. The summed E-state index contributed by atoms with van der Waals surface area (Å²) in [5.41, 5.74) is -1.79. The molecule has 0 radical (unpaired) electrons. The fourth-order valence-electron chi connectivity index (χ4n) is 3.18. The van der Waals surface area contributed by atoms with Crippen LogP contribution in [0.15, 0.2) is 28.8 Å². The Morgan fingerprint density at radius 3 is 2.54 bits per heavy atom. The first-order valence-electron chi connectivity index (χ1n) is 8.50. The zero-order chi connectivity index (χ0) is 20.5. The molecule has 150 valence electrons. The minimum Gasteiger partial charge on any atom is -0.371 e. The third-order valence-corrected chi connectivity index (χ3v) is 4.58. The number of nitro groups is 1. The normalized spacial score (nSPS) is 15.5. The van der Waals surface area contributed by atoms with E-state index in [9.17, 15) is 28.1 Å². The van der Waals surface area contributed by atoms with Crippen molar-refractivity contribution in [1.82, 2.24) is 5.16 Å². The Morgan fingerprint density at radius 1 is 1.32 bits per heavy atom. The van der Waals surface area contributed by atoms with E-state index >= 15 is 0 Å². The van der Waals surface area contributed by atoms with Gasteiger partial charge in [0.15, 0.2) is 5.82 Å². The van der Waals surface area contributed by atoms with Gasteiger partial charge in [-0.05, 0) is 25.8 Å². The lowest BCUT2D eigenvalue weighted by molar-refractivity contribution is -0.385. The largest absolute Gasteiger partial charge is 0.418 e. The number of aromatic nitrogens is 1. The van der Waals surface area contributed by atoms with Gasteiger partial charge in [-0.2, -0.15) is 13.2 Å². The monoisotopic (exact) mass is 398 g/mol. The molecule has 0 atom stereocenters. The molecule has 2 aromatic rings. The molecule has 1 saturated heterocycles. The van der Waals surface area contributed by atoms with Crippen LogP contribution in [0.5, 0.6) is 0 Å². The molecule has 11 heteroatoms. The number of nitro benzene ring substituents is 1. The number of halogens is 3. The molecule has 0 saturated carbocycles. The van der Waals surface area contributed by atoms with Gasteiger partial charge in [0.25, 0.3) is 5.69 Å². The minimum atomic E-state index is -4.72. The number of nitrogens with zero attached hydrogens (tertiary/aromatic N) is 3. The number of amides is 1. The number of benzene rings is 1. The van der Waals surface area contributed by atoms with Crippen LogP contribution in [0.25, 0.3) is 0 Å². The Bertz CT molecular complexity index is 889. The standard InChI is InChI=1S/C17H17F3N4O4/c1-10-8-15(22-28-10)21-16(25)11-4-6-23(7-5-11)14-3-2-12(24(26)27)9-13(14)17(18,19)20/h2-3,8-9,11H,4-7H2,1H3,(H,21,22,25). The maximum absolute atomic E-state index is 13.4. The second-order valence-electron chi connectivity index (χ2n) is 6.53. The van der Waals surface area contributed by atoms with Crippen LogP contribution >= 0.6 is 0 Å². The van der Waals surface area contributed by atoms with Gasteiger partial charge in [-0.25, -0.2) is 0 Å². The van der Waals surface area contributed by atoms with Crippen molar-refractivity contribution in [1.29, 1.82) is 0 Å². The maximum Gasteiger partial charge on any atom is 0.418 e. The number of hydrogen-bond acceptors (Lipinski definition) is 6. The Balaban J connectivity index is 1.70. The molecular formula is C17H17F3N4O4. The van der Waals surface area contributed by atoms with Gasteiger partial charge in [-0.1, -0.05) is 5.16 Å². The molecule has 3 rings (SSSR count). The van der Waals surface area contributed by atoms with E-state index in [1.807, 2.05) is 0 Å². The van der Waals surface area contributed by atoms with Crippen LogP contribution in [0.1, 0.15) is 24.2 Å². The topological polar surface area (TPSA) is 102 Å². The summed E-state index contributed by atoms with van der Waals surface area (Å²) in [5.74, 6) is 0.191. The molecular weight excluding hydrogens is 381 g/mol. The van der Waals surface area contributed by atoms with Crippen LogP contribution in [0.3, 0.4) is 0 Å². The number of nitrogens with one attached hydrogen (secondary N) is 1. The highest BCUT2D eigenvalue weighted by Crippen LogP contribution is 2.40. The summed E-state index contributed by atoms with van der Waals surface area (Å²) >= 11 is 0. The number of hydrogen-bond donors (Lipinski definition) is 1. The highest BCUT2D eigenvalue weighted by molar-refractivity contribution is 5.91. The van der Waals surface area contributed by atoms with Crippen molar-refractivity contribution in [2.75, 3.05) is 23.3 Å². The SMILES string of the molecule is Cc1cc(NC(=O)C2CCN(c3ccc([N+](=O)[O-])cc3C(F)(F)F)CC2)no1. The third kappa shape index (κ3) is 4.24. The number of non-ortho nitro benzene ring substituents is 1. The van der Waals surface area contributed by atoms with Gasteiger partial charge in [0.05, 0.1) is 10.5 Å². The number of piperidine rings is 1. The first kappa shape index (κ1) is 19.6.